The molecule has 8 nitrogen and oxygen atoms in total. The molecule has 0 bridgehead atoms. The van der Waals surface area contributed by atoms with E-state index in [1.807, 2.05) is 6.92 Å². The van der Waals surface area contributed by atoms with Crippen molar-refractivity contribution < 1.29 is 23.5 Å². The van der Waals surface area contributed by atoms with Gasteiger partial charge in [-0.05, 0) is 43.9 Å². The van der Waals surface area contributed by atoms with Crippen LogP contribution in [0.5, 0.6) is 5.75 Å². The summed E-state index contributed by atoms with van der Waals surface area (Å²) in [5.41, 5.74) is 1.23. The van der Waals surface area contributed by atoms with Crippen LogP contribution in [0.15, 0.2) is 24.5 Å². The largest absolute Gasteiger partial charge is 0.486 e. The van der Waals surface area contributed by atoms with Gasteiger partial charge in [-0.3, -0.25) is 4.79 Å². The summed E-state index contributed by atoms with van der Waals surface area (Å²) in [5, 5.41) is 3.93. The molecule has 2 heterocycles. The molecule has 2 atom stereocenters. The van der Waals surface area contributed by atoms with Crippen molar-refractivity contribution in [2.45, 2.75) is 51.7 Å². The van der Waals surface area contributed by atoms with Crippen molar-refractivity contribution in [3.8, 4) is 5.75 Å². The molecule has 0 radical (unpaired) electrons. The third-order valence-electron chi connectivity index (χ3n) is 6.23. The van der Waals surface area contributed by atoms with Gasteiger partial charge in [0, 0.05) is 20.0 Å². The van der Waals surface area contributed by atoms with E-state index in [0.717, 1.165) is 25.7 Å². The van der Waals surface area contributed by atoms with Crippen LogP contribution in [0.4, 0.5) is 15.9 Å². The molecule has 2 aromatic heterocycles. The Hall–Kier alpha value is -3.27. The maximum atomic E-state index is 14.2. The normalized spacial score (nSPS) is 17.9. The minimum absolute atomic E-state index is 0.0317. The van der Waals surface area contributed by atoms with E-state index in [1.54, 1.807) is 18.0 Å². The number of nitrogens with one attached hydrogen (secondary N) is 1. The van der Waals surface area contributed by atoms with Crippen LogP contribution in [0.2, 0.25) is 0 Å². The second kappa shape index (κ2) is 9.92. The minimum Gasteiger partial charge on any atom is -0.486 e. The maximum absolute atomic E-state index is 14.2. The molecule has 1 aromatic carbocycles. The Morgan fingerprint density at radius 3 is 2.74 bits per heavy atom. The summed E-state index contributed by atoms with van der Waals surface area (Å²) in [6.07, 6.45) is 4.73. The Labute approximate surface area is 201 Å². The zero-order chi connectivity index (χ0) is 24.4. The maximum Gasteiger partial charge on any atom is 0.348 e. The Morgan fingerprint density at radius 1 is 1.24 bits per heavy atom. The predicted molar refractivity (Wildman–Crippen MR) is 128 cm³/mol. The molecular formula is C24H27FN4O4S. The molecule has 1 amide bonds. The Morgan fingerprint density at radius 2 is 2.00 bits per heavy atom. The van der Waals surface area contributed by atoms with E-state index in [2.05, 4.69) is 15.3 Å². The number of likely N-dealkylation sites (N-methyl/N-ethyl adjacent to an activating group) is 1. The highest BCUT2D eigenvalue weighted by Crippen LogP contribution is 2.38. The fourth-order valence-electron chi connectivity index (χ4n) is 4.33. The van der Waals surface area contributed by atoms with Crippen molar-refractivity contribution in [1.82, 2.24) is 14.9 Å². The van der Waals surface area contributed by atoms with E-state index < -0.39 is 11.8 Å². The van der Waals surface area contributed by atoms with Gasteiger partial charge in [-0.2, -0.15) is 0 Å². The van der Waals surface area contributed by atoms with Gasteiger partial charge in [0.05, 0.1) is 24.2 Å². The monoisotopic (exact) mass is 486 g/mol. The fraction of sp³-hybridized carbons (Fsp3) is 0.417. The molecule has 10 heteroatoms. The molecule has 1 N–H and O–H groups in total. The van der Waals surface area contributed by atoms with Gasteiger partial charge in [0.2, 0.25) is 5.91 Å². The SMILES string of the molecule is COC(=O)c1sc2ncnc(Nc3ccc(F)cc3O[C@@H]3CCCC[C@H]3N(C)C(C)=O)c2c1C. The quantitative estimate of drug-likeness (QED) is 0.499. The first kappa shape index (κ1) is 23.9. The summed E-state index contributed by atoms with van der Waals surface area (Å²) in [4.78, 5) is 35.6. The van der Waals surface area contributed by atoms with Gasteiger partial charge in [-0.1, -0.05) is 6.42 Å². The van der Waals surface area contributed by atoms with Gasteiger partial charge in [0.15, 0.2) is 0 Å². The second-order valence-electron chi connectivity index (χ2n) is 8.35. The fourth-order valence-corrected chi connectivity index (χ4v) is 5.40. The van der Waals surface area contributed by atoms with Gasteiger partial charge in [0.1, 0.15) is 39.5 Å². The molecule has 1 aliphatic rings. The molecule has 0 spiro atoms. The van der Waals surface area contributed by atoms with Crippen molar-refractivity contribution >= 4 is 44.9 Å². The van der Waals surface area contributed by atoms with E-state index in [1.165, 1.54) is 43.8 Å². The Bertz CT molecular complexity index is 1230. The molecule has 3 aromatic rings. The van der Waals surface area contributed by atoms with Gasteiger partial charge < -0.3 is 19.7 Å². The van der Waals surface area contributed by atoms with E-state index in [0.29, 0.717) is 37.9 Å². The van der Waals surface area contributed by atoms with Crippen LogP contribution in [0.1, 0.15) is 47.8 Å². The molecule has 0 aliphatic heterocycles. The number of thiophene rings is 1. The van der Waals surface area contributed by atoms with E-state index in [9.17, 15) is 14.0 Å². The lowest BCUT2D eigenvalue weighted by Crippen LogP contribution is -2.48. The van der Waals surface area contributed by atoms with Crippen LogP contribution in [0.25, 0.3) is 10.2 Å². The molecule has 34 heavy (non-hydrogen) atoms. The number of rotatable bonds is 6. The smallest absolute Gasteiger partial charge is 0.348 e. The molecule has 0 saturated heterocycles. The third kappa shape index (κ3) is 4.68. The van der Waals surface area contributed by atoms with Crippen LogP contribution >= 0.6 is 11.3 Å². The molecule has 0 unspecified atom stereocenters. The number of hydrogen-bond donors (Lipinski definition) is 1. The molecule has 1 saturated carbocycles. The van der Waals surface area contributed by atoms with E-state index in [4.69, 9.17) is 9.47 Å². The number of fused-ring (bicyclic) bond motifs is 1. The average Bonchev–Trinajstić information content (AvgIpc) is 3.17. The highest BCUT2D eigenvalue weighted by atomic mass is 32.1. The lowest BCUT2D eigenvalue weighted by Gasteiger charge is -2.37. The van der Waals surface area contributed by atoms with Gasteiger partial charge >= 0.3 is 5.97 Å². The van der Waals surface area contributed by atoms with Crippen LogP contribution in [0, 0.1) is 12.7 Å². The lowest BCUT2D eigenvalue weighted by molar-refractivity contribution is -0.132. The summed E-state index contributed by atoms with van der Waals surface area (Å²) < 4.78 is 25.4. The third-order valence-corrected chi connectivity index (χ3v) is 7.41. The standard InChI is InChI=1S/C24H27FN4O4S/c1-13-20-22(26-12-27-23(20)34-21(13)24(31)32-4)28-16-10-9-15(25)11-19(16)33-18-8-6-5-7-17(18)29(3)14(2)30/h9-12,17-18H,5-8H2,1-4H3,(H,26,27,28)/t17-,18-/m1/s1. The number of methoxy groups -OCH3 is 1. The Kier molecular flexibility index (Phi) is 6.97. The number of amides is 1. The van der Waals surface area contributed by atoms with E-state index in [-0.39, 0.29) is 18.1 Å². The highest BCUT2D eigenvalue weighted by Gasteiger charge is 2.32. The number of anilines is 2. The number of ether oxygens (including phenoxy) is 2. The second-order valence-corrected chi connectivity index (χ2v) is 9.35. The predicted octanol–water partition coefficient (Wildman–Crippen LogP) is 4.84. The number of carbonyl (C=O) groups is 2. The van der Waals surface area contributed by atoms with Crippen LogP contribution < -0.4 is 10.1 Å². The number of nitrogens with zero attached hydrogens (tertiary/aromatic N) is 3. The summed E-state index contributed by atoms with van der Waals surface area (Å²) in [5.74, 6) is -0.0838. The molecule has 180 valence electrons. The van der Waals surface area contributed by atoms with Gasteiger partial charge in [-0.15, -0.1) is 11.3 Å². The summed E-state index contributed by atoms with van der Waals surface area (Å²) >= 11 is 1.23. The summed E-state index contributed by atoms with van der Waals surface area (Å²) in [6.45, 7) is 3.35. The number of aromatic nitrogens is 2. The van der Waals surface area contributed by atoms with Crippen molar-refractivity contribution in [3.63, 3.8) is 0 Å². The van der Waals surface area contributed by atoms with E-state index >= 15 is 0 Å². The molecule has 4 rings (SSSR count). The minimum atomic E-state index is -0.435. The topological polar surface area (TPSA) is 93.7 Å². The summed E-state index contributed by atoms with van der Waals surface area (Å²) in [7, 11) is 3.11. The number of esters is 1. The first-order valence-electron chi connectivity index (χ1n) is 11.1. The average molecular weight is 487 g/mol. The highest BCUT2D eigenvalue weighted by molar-refractivity contribution is 7.20. The number of carbonyl (C=O) groups excluding carboxylic acids is 2. The van der Waals surface area contributed by atoms with Crippen LogP contribution in [-0.2, 0) is 9.53 Å². The molecule has 1 aliphatic carbocycles. The van der Waals surface area contributed by atoms with Crippen LogP contribution in [-0.4, -0.2) is 53.0 Å². The number of halogens is 1. The summed E-state index contributed by atoms with van der Waals surface area (Å²) in [6, 6.07) is 4.18. The van der Waals surface area contributed by atoms with Crippen molar-refractivity contribution in [2.24, 2.45) is 0 Å². The zero-order valence-corrected chi connectivity index (χ0v) is 20.4. The van der Waals surface area contributed by atoms with Crippen molar-refractivity contribution in [1.29, 1.82) is 0 Å². The van der Waals surface area contributed by atoms with Crippen molar-refractivity contribution in [2.75, 3.05) is 19.5 Å². The van der Waals surface area contributed by atoms with Gasteiger partial charge in [0.25, 0.3) is 0 Å². The first-order chi connectivity index (χ1) is 16.3. The lowest BCUT2D eigenvalue weighted by atomic mass is 9.91. The number of benzene rings is 1. The molecular weight excluding hydrogens is 459 g/mol. The van der Waals surface area contributed by atoms with Crippen LogP contribution in [0.3, 0.4) is 0 Å². The van der Waals surface area contributed by atoms with Gasteiger partial charge in [-0.25, -0.2) is 19.2 Å². The Balaban J connectivity index is 1.68. The number of hydrogen-bond acceptors (Lipinski definition) is 8. The molecule has 1 fully saturated rings. The van der Waals surface area contributed by atoms with Crippen molar-refractivity contribution in [3.05, 3.63) is 40.8 Å². The zero-order valence-electron chi connectivity index (χ0n) is 19.6. The number of aryl methyl sites for hydroxylation is 1. The first-order valence-corrected chi connectivity index (χ1v) is 11.9.